The first-order valence-electron chi connectivity index (χ1n) is 9.23. The van der Waals surface area contributed by atoms with Gasteiger partial charge in [0, 0.05) is 32.5 Å². The molecule has 0 heterocycles. The summed E-state index contributed by atoms with van der Waals surface area (Å²) in [4.78, 5) is 37.5. The van der Waals surface area contributed by atoms with Crippen molar-refractivity contribution in [2.24, 2.45) is 5.41 Å². The maximum absolute atomic E-state index is 12.2. The fourth-order valence-electron chi connectivity index (χ4n) is 3.33. The minimum absolute atomic E-state index is 0.000496. The van der Waals surface area contributed by atoms with E-state index in [0.717, 1.165) is 45.2 Å². The van der Waals surface area contributed by atoms with Crippen molar-refractivity contribution >= 4 is 17.8 Å². The number of amides is 2. The lowest BCUT2D eigenvalue weighted by Gasteiger charge is -2.33. The summed E-state index contributed by atoms with van der Waals surface area (Å²) >= 11 is 0. The second kappa shape index (κ2) is 10.3. The first-order chi connectivity index (χ1) is 11.4. The van der Waals surface area contributed by atoms with Gasteiger partial charge in [-0.25, -0.2) is 0 Å². The van der Waals surface area contributed by atoms with Crippen LogP contribution < -0.4 is 5.32 Å². The molecule has 1 aliphatic rings. The van der Waals surface area contributed by atoms with Crippen LogP contribution in [0.15, 0.2) is 0 Å². The number of hydrogen-bond acceptors (Lipinski definition) is 3. The summed E-state index contributed by atoms with van der Waals surface area (Å²) in [5, 5.41) is 12.2. The highest BCUT2D eigenvalue weighted by atomic mass is 16.4. The van der Waals surface area contributed by atoms with Crippen molar-refractivity contribution in [3.63, 3.8) is 0 Å². The van der Waals surface area contributed by atoms with E-state index in [9.17, 15) is 19.5 Å². The average molecular weight is 340 g/mol. The maximum Gasteiger partial charge on any atom is 0.311 e. The van der Waals surface area contributed by atoms with E-state index in [0.29, 0.717) is 12.8 Å². The Balaban J connectivity index is 2.42. The Kier molecular flexibility index (Phi) is 8.79. The van der Waals surface area contributed by atoms with Crippen LogP contribution in [-0.4, -0.2) is 47.4 Å². The van der Waals surface area contributed by atoms with Gasteiger partial charge in [0.05, 0.1) is 5.41 Å². The van der Waals surface area contributed by atoms with Gasteiger partial charge >= 0.3 is 5.97 Å². The summed E-state index contributed by atoms with van der Waals surface area (Å²) in [5.41, 5.74) is -0.825. The van der Waals surface area contributed by atoms with Crippen LogP contribution in [0.1, 0.15) is 71.6 Å². The van der Waals surface area contributed by atoms with Gasteiger partial charge in [0.15, 0.2) is 0 Å². The second-order valence-electron chi connectivity index (χ2n) is 6.80. The highest BCUT2D eigenvalue weighted by Crippen LogP contribution is 2.36. The minimum Gasteiger partial charge on any atom is -0.481 e. The van der Waals surface area contributed by atoms with E-state index in [1.54, 1.807) is 4.90 Å². The van der Waals surface area contributed by atoms with E-state index in [4.69, 9.17) is 0 Å². The van der Waals surface area contributed by atoms with E-state index >= 15 is 0 Å². The number of aliphatic carboxylic acids is 1. The predicted molar refractivity (Wildman–Crippen MR) is 92.6 cm³/mol. The molecule has 6 heteroatoms. The topological polar surface area (TPSA) is 86.7 Å². The zero-order valence-electron chi connectivity index (χ0n) is 15.1. The molecule has 0 saturated heterocycles. The zero-order valence-corrected chi connectivity index (χ0v) is 15.1. The summed E-state index contributed by atoms with van der Waals surface area (Å²) in [7, 11) is 0. The third kappa shape index (κ3) is 6.13. The summed E-state index contributed by atoms with van der Waals surface area (Å²) in [6.07, 6.45) is 6.18. The summed E-state index contributed by atoms with van der Waals surface area (Å²) in [5.74, 6) is -1.06. The highest BCUT2D eigenvalue weighted by Gasteiger charge is 2.39. The number of carboxylic acids is 1. The van der Waals surface area contributed by atoms with Crippen molar-refractivity contribution in [1.82, 2.24) is 10.2 Å². The molecule has 0 unspecified atom stereocenters. The number of carbonyl (C=O) groups is 3. The summed E-state index contributed by atoms with van der Waals surface area (Å²) in [6.45, 7) is 5.66. The molecule has 0 radical (unpaired) electrons. The van der Waals surface area contributed by atoms with Crippen LogP contribution in [-0.2, 0) is 14.4 Å². The smallest absolute Gasteiger partial charge is 0.311 e. The van der Waals surface area contributed by atoms with Crippen molar-refractivity contribution in [2.45, 2.75) is 71.6 Å². The Morgan fingerprint density at radius 2 is 1.58 bits per heavy atom. The van der Waals surface area contributed by atoms with Crippen molar-refractivity contribution in [2.75, 3.05) is 19.6 Å². The van der Waals surface area contributed by atoms with Gasteiger partial charge in [0.2, 0.25) is 11.8 Å². The molecule has 0 aromatic carbocycles. The first-order valence-corrected chi connectivity index (χ1v) is 9.23. The molecule has 0 aromatic rings. The maximum atomic E-state index is 12.2. The number of nitrogens with one attached hydrogen (secondary N) is 1. The third-order valence-corrected chi connectivity index (χ3v) is 4.79. The molecular formula is C18H32N2O4. The Morgan fingerprint density at radius 1 is 1.00 bits per heavy atom. The van der Waals surface area contributed by atoms with E-state index in [2.05, 4.69) is 5.32 Å². The zero-order chi connectivity index (χ0) is 18.0. The van der Waals surface area contributed by atoms with Gasteiger partial charge < -0.3 is 15.3 Å². The number of nitrogens with zero attached hydrogens (tertiary/aromatic N) is 1. The van der Waals surface area contributed by atoms with Crippen LogP contribution in [0, 0.1) is 5.41 Å². The van der Waals surface area contributed by atoms with Crippen LogP contribution in [0.25, 0.3) is 0 Å². The Morgan fingerprint density at radius 3 is 2.08 bits per heavy atom. The summed E-state index contributed by atoms with van der Waals surface area (Å²) in [6, 6.07) is 0. The lowest BCUT2D eigenvalue weighted by atomic mass is 9.74. The Hall–Kier alpha value is -1.59. The molecule has 24 heavy (non-hydrogen) atoms. The van der Waals surface area contributed by atoms with Gasteiger partial charge in [0.25, 0.3) is 0 Å². The standard InChI is InChI=1S/C18H32N2O4/c1-3-12-20(13-4-2)16(22)9-8-15(21)19-14-18(17(23)24)10-6-5-7-11-18/h3-14H2,1-2H3,(H,19,21)(H,23,24). The van der Waals surface area contributed by atoms with Gasteiger partial charge in [-0.2, -0.15) is 0 Å². The first kappa shape index (κ1) is 20.5. The molecule has 0 bridgehead atoms. The van der Waals surface area contributed by atoms with E-state index in [1.165, 1.54) is 0 Å². The molecule has 0 spiro atoms. The monoisotopic (exact) mass is 340 g/mol. The molecule has 138 valence electrons. The van der Waals surface area contributed by atoms with Gasteiger partial charge in [0.1, 0.15) is 0 Å². The van der Waals surface area contributed by atoms with Gasteiger partial charge in [-0.1, -0.05) is 33.1 Å². The fourth-order valence-corrected chi connectivity index (χ4v) is 3.33. The third-order valence-electron chi connectivity index (χ3n) is 4.79. The SMILES string of the molecule is CCCN(CCC)C(=O)CCC(=O)NCC1(C(=O)O)CCCCC1. The molecule has 0 atom stereocenters. The molecule has 1 fully saturated rings. The number of rotatable bonds is 10. The van der Waals surface area contributed by atoms with Gasteiger partial charge in [-0.3, -0.25) is 14.4 Å². The molecule has 2 N–H and O–H groups in total. The molecular weight excluding hydrogens is 308 g/mol. The largest absolute Gasteiger partial charge is 0.481 e. The van der Waals surface area contributed by atoms with Crippen molar-refractivity contribution < 1.29 is 19.5 Å². The van der Waals surface area contributed by atoms with Crippen molar-refractivity contribution in [1.29, 1.82) is 0 Å². The lowest BCUT2D eigenvalue weighted by Crippen LogP contribution is -2.44. The molecule has 0 aliphatic heterocycles. The minimum atomic E-state index is -0.825. The predicted octanol–water partition coefficient (Wildman–Crippen LogP) is 2.57. The van der Waals surface area contributed by atoms with Crippen LogP contribution in [0.2, 0.25) is 0 Å². The quantitative estimate of drug-likeness (QED) is 0.640. The van der Waals surface area contributed by atoms with Gasteiger partial charge in [-0.05, 0) is 25.7 Å². The number of carboxylic acid groups (broad SMARTS) is 1. The molecule has 1 saturated carbocycles. The van der Waals surface area contributed by atoms with Crippen molar-refractivity contribution in [3.05, 3.63) is 0 Å². The number of carbonyl (C=O) groups excluding carboxylic acids is 2. The summed E-state index contributed by atoms with van der Waals surface area (Å²) < 4.78 is 0. The normalized spacial score (nSPS) is 16.4. The van der Waals surface area contributed by atoms with E-state index in [-0.39, 0.29) is 31.2 Å². The Bertz CT molecular complexity index is 425. The molecule has 1 rings (SSSR count). The second-order valence-corrected chi connectivity index (χ2v) is 6.80. The van der Waals surface area contributed by atoms with E-state index < -0.39 is 11.4 Å². The van der Waals surface area contributed by atoms with Crippen molar-refractivity contribution in [3.8, 4) is 0 Å². The molecule has 1 aliphatic carbocycles. The molecule has 0 aromatic heterocycles. The van der Waals surface area contributed by atoms with Crippen LogP contribution in [0.5, 0.6) is 0 Å². The van der Waals surface area contributed by atoms with Gasteiger partial charge in [-0.15, -0.1) is 0 Å². The van der Waals surface area contributed by atoms with Crippen LogP contribution >= 0.6 is 0 Å². The molecule has 2 amide bonds. The van der Waals surface area contributed by atoms with Crippen LogP contribution in [0.3, 0.4) is 0 Å². The lowest BCUT2D eigenvalue weighted by molar-refractivity contribution is -0.151. The number of hydrogen-bond donors (Lipinski definition) is 2. The van der Waals surface area contributed by atoms with Crippen LogP contribution in [0.4, 0.5) is 0 Å². The average Bonchev–Trinajstić information content (AvgIpc) is 2.58. The highest BCUT2D eigenvalue weighted by molar-refractivity contribution is 5.84. The Labute approximate surface area is 145 Å². The van der Waals surface area contributed by atoms with E-state index in [1.807, 2.05) is 13.8 Å². The molecule has 6 nitrogen and oxygen atoms in total. The fraction of sp³-hybridized carbons (Fsp3) is 0.833.